The maximum Gasteiger partial charge on any atom is 0.246 e. The number of hydrazine groups is 1. The topological polar surface area (TPSA) is 101 Å². The van der Waals surface area contributed by atoms with Gasteiger partial charge >= 0.3 is 0 Å². The highest BCUT2D eigenvalue weighted by Gasteiger charge is 2.30. The molecule has 1 atom stereocenters. The minimum Gasteiger partial charge on any atom is -0.292 e. The molecule has 0 bridgehead atoms. The number of sulfonamides is 1. The van der Waals surface area contributed by atoms with Gasteiger partial charge in [-0.3, -0.25) is 5.43 Å². The van der Waals surface area contributed by atoms with Gasteiger partial charge in [0.2, 0.25) is 16.0 Å². The zero-order valence-corrected chi connectivity index (χ0v) is 12.2. The number of thioether (sulfide) groups is 1. The van der Waals surface area contributed by atoms with E-state index >= 15 is 0 Å². The fourth-order valence-electron chi connectivity index (χ4n) is 1.83. The summed E-state index contributed by atoms with van der Waals surface area (Å²) in [7, 11) is -3.50. The van der Waals surface area contributed by atoms with E-state index in [9.17, 15) is 8.42 Å². The van der Waals surface area contributed by atoms with Crippen LogP contribution in [0.3, 0.4) is 0 Å². The van der Waals surface area contributed by atoms with Gasteiger partial charge in [-0.25, -0.2) is 24.2 Å². The number of nitrogen functional groups attached to an aromatic ring is 1. The van der Waals surface area contributed by atoms with Crippen LogP contribution in [-0.4, -0.2) is 46.8 Å². The standard InChI is InChI=1S/C10H17N5O2S2/c1-2-8-7-15(3-4-18-8)19(16,17)9-5-12-10(14-11)13-6-9/h5-6,8H,2-4,7,11H2,1H3,(H,12,13,14). The van der Waals surface area contributed by atoms with Gasteiger partial charge in [0.15, 0.2) is 0 Å². The highest BCUT2D eigenvalue weighted by atomic mass is 32.2. The lowest BCUT2D eigenvalue weighted by atomic mass is 10.3. The van der Waals surface area contributed by atoms with Crippen molar-refractivity contribution in [2.75, 3.05) is 24.3 Å². The summed E-state index contributed by atoms with van der Waals surface area (Å²) >= 11 is 1.82. The van der Waals surface area contributed by atoms with Gasteiger partial charge in [0, 0.05) is 24.1 Å². The summed E-state index contributed by atoms with van der Waals surface area (Å²) in [5, 5.41) is 0.356. The summed E-state index contributed by atoms with van der Waals surface area (Å²) in [5.74, 6) is 6.16. The first-order valence-corrected chi connectivity index (χ1v) is 8.47. The van der Waals surface area contributed by atoms with Gasteiger partial charge in [0.25, 0.3) is 0 Å². The van der Waals surface area contributed by atoms with Gasteiger partial charge in [-0.15, -0.1) is 0 Å². The molecular weight excluding hydrogens is 286 g/mol. The monoisotopic (exact) mass is 303 g/mol. The van der Waals surface area contributed by atoms with E-state index in [1.165, 1.54) is 16.7 Å². The van der Waals surface area contributed by atoms with Crippen LogP contribution in [0.25, 0.3) is 0 Å². The Hall–Kier alpha value is -0.900. The molecule has 0 amide bonds. The molecule has 1 aromatic heterocycles. The fourth-order valence-corrected chi connectivity index (χ4v) is 4.60. The Labute approximate surface area is 117 Å². The van der Waals surface area contributed by atoms with E-state index in [0.717, 1.165) is 12.2 Å². The van der Waals surface area contributed by atoms with Crippen molar-refractivity contribution in [3.05, 3.63) is 12.4 Å². The number of hydrogen-bond donors (Lipinski definition) is 2. The number of nitrogens with one attached hydrogen (secondary N) is 1. The lowest BCUT2D eigenvalue weighted by Crippen LogP contribution is -2.41. The molecular formula is C10H17N5O2S2. The van der Waals surface area contributed by atoms with E-state index in [4.69, 9.17) is 5.84 Å². The number of aromatic nitrogens is 2. The number of rotatable bonds is 4. The van der Waals surface area contributed by atoms with Crippen molar-refractivity contribution in [1.29, 1.82) is 0 Å². The smallest absolute Gasteiger partial charge is 0.246 e. The van der Waals surface area contributed by atoms with Crippen LogP contribution < -0.4 is 11.3 Å². The molecule has 1 aliphatic heterocycles. The molecule has 9 heteroatoms. The Kier molecular flexibility index (Phi) is 4.61. The van der Waals surface area contributed by atoms with Crippen LogP contribution in [0.4, 0.5) is 5.95 Å². The van der Waals surface area contributed by atoms with Crippen LogP contribution in [0.5, 0.6) is 0 Å². The lowest BCUT2D eigenvalue weighted by molar-refractivity contribution is 0.415. The van der Waals surface area contributed by atoms with Crippen molar-refractivity contribution in [3.63, 3.8) is 0 Å². The molecule has 2 rings (SSSR count). The van der Waals surface area contributed by atoms with Gasteiger partial charge in [0.1, 0.15) is 4.90 Å². The van der Waals surface area contributed by atoms with Crippen molar-refractivity contribution in [3.8, 4) is 0 Å². The van der Waals surface area contributed by atoms with Crippen molar-refractivity contribution >= 4 is 27.7 Å². The minimum absolute atomic E-state index is 0.105. The average Bonchev–Trinajstić information content (AvgIpc) is 2.47. The SMILES string of the molecule is CCC1CN(S(=O)(=O)c2cnc(NN)nc2)CCS1. The zero-order chi connectivity index (χ0) is 13.9. The third-order valence-corrected chi connectivity index (χ3v) is 6.14. The quantitative estimate of drug-likeness (QED) is 0.608. The van der Waals surface area contributed by atoms with E-state index in [-0.39, 0.29) is 10.8 Å². The van der Waals surface area contributed by atoms with E-state index in [1.54, 1.807) is 0 Å². The molecule has 0 radical (unpaired) electrons. The Morgan fingerprint density at radius 3 is 2.79 bits per heavy atom. The molecule has 0 spiro atoms. The molecule has 7 nitrogen and oxygen atoms in total. The maximum absolute atomic E-state index is 12.4. The predicted molar refractivity (Wildman–Crippen MR) is 75.1 cm³/mol. The summed E-state index contributed by atoms with van der Waals surface area (Å²) in [6.07, 6.45) is 3.52. The summed E-state index contributed by atoms with van der Waals surface area (Å²) in [6.45, 7) is 3.14. The van der Waals surface area contributed by atoms with Gasteiger partial charge in [-0.2, -0.15) is 16.1 Å². The summed E-state index contributed by atoms with van der Waals surface area (Å²) < 4.78 is 26.4. The third kappa shape index (κ3) is 3.16. The Morgan fingerprint density at radius 2 is 2.21 bits per heavy atom. The minimum atomic E-state index is -3.50. The van der Waals surface area contributed by atoms with Crippen LogP contribution in [0.1, 0.15) is 13.3 Å². The Morgan fingerprint density at radius 1 is 1.53 bits per heavy atom. The molecule has 1 fully saturated rings. The largest absolute Gasteiger partial charge is 0.292 e. The Bertz CT molecular complexity index is 519. The van der Waals surface area contributed by atoms with Gasteiger partial charge in [0.05, 0.1) is 12.4 Å². The van der Waals surface area contributed by atoms with Crippen LogP contribution in [0.2, 0.25) is 0 Å². The van der Waals surface area contributed by atoms with Crippen LogP contribution in [-0.2, 0) is 10.0 Å². The first-order valence-electron chi connectivity index (χ1n) is 5.98. The number of hydrogen-bond acceptors (Lipinski definition) is 7. The normalized spacial score (nSPS) is 21.3. The molecule has 1 unspecified atom stereocenters. The van der Waals surface area contributed by atoms with Crippen molar-refractivity contribution in [2.24, 2.45) is 5.84 Å². The molecule has 2 heterocycles. The van der Waals surface area contributed by atoms with Crippen LogP contribution in [0, 0.1) is 0 Å². The number of nitrogens with two attached hydrogens (primary N) is 1. The van der Waals surface area contributed by atoms with Crippen LogP contribution in [0.15, 0.2) is 17.3 Å². The highest BCUT2D eigenvalue weighted by molar-refractivity contribution is 8.00. The van der Waals surface area contributed by atoms with Crippen LogP contribution >= 0.6 is 11.8 Å². The summed E-state index contributed by atoms with van der Waals surface area (Å²) in [4.78, 5) is 7.78. The molecule has 1 aromatic rings. The van der Waals surface area contributed by atoms with E-state index in [1.807, 2.05) is 11.8 Å². The van der Waals surface area contributed by atoms with E-state index < -0.39 is 10.0 Å². The number of nitrogens with zero attached hydrogens (tertiary/aromatic N) is 3. The van der Waals surface area contributed by atoms with E-state index in [2.05, 4.69) is 22.3 Å². The van der Waals surface area contributed by atoms with Crippen molar-refractivity contribution < 1.29 is 8.42 Å². The zero-order valence-electron chi connectivity index (χ0n) is 10.6. The molecule has 3 N–H and O–H groups in total. The fraction of sp³-hybridized carbons (Fsp3) is 0.600. The van der Waals surface area contributed by atoms with Gasteiger partial charge < -0.3 is 0 Å². The molecule has 106 valence electrons. The first kappa shape index (κ1) is 14.5. The second-order valence-electron chi connectivity index (χ2n) is 4.15. The second kappa shape index (κ2) is 6.04. The molecule has 0 saturated carbocycles. The lowest BCUT2D eigenvalue weighted by Gasteiger charge is -2.30. The molecule has 1 saturated heterocycles. The van der Waals surface area contributed by atoms with Gasteiger partial charge in [-0.05, 0) is 6.42 Å². The highest BCUT2D eigenvalue weighted by Crippen LogP contribution is 2.25. The maximum atomic E-state index is 12.4. The summed E-state index contributed by atoms with van der Waals surface area (Å²) in [6, 6.07) is 0. The molecule has 19 heavy (non-hydrogen) atoms. The van der Waals surface area contributed by atoms with Crippen molar-refractivity contribution in [2.45, 2.75) is 23.5 Å². The second-order valence-corrected chi connectivity index (χ2v) is 7.50. The molecule has 0 aromatic carbocycles. The Balaban J connectivity index is 2.20. The predicted octanol–water partition coefficient (Wildman–Crippen LogP) is 0.278. The average molecular weight is 303 g/mol. The van der Waals surface area contributed by atoms with Crippen molar-refractivity contribution in [1.82, 2.24) is 14.3 Å². The summed E-state index contributed by atoms with van der Waals surface area (Å²) in [5.41, 5.74) is 2.27. The molecule has 1 aliphatic rings. The van der Waals surface area contributed by atoms with Gasteiger partial charge in [-0.1, -0.05) is 6.92 Å². The number of anilines is 1. The third-order valence-electron chi connectivity index (χ3n) is 2.95. The molecule has 0 aliphatic carbocycles. The first-order chi connectivity index (χ1) is 9.07. The van der Waals surface area contributed by atoms with E-state index in [0.29, 0.717) is 18.3 Å².